The minimum atomic E-state index is -4.48. The van der Waals surface area contributed by atoms with Crippen molar-refractivity contribution >= 4 is 17.7 Å². The Morgan fingerprint density at radius 3 is 2.15 bits per heavy atom. The number of aliphatic carboxylic acids is 1. The van der Waals surface area contributed by atoms with E-state index in [1.807, 2.05) is 0 Å². The molecule has 11 heteroatoms. The van der Waals surface area contributed by atoms with E-state index in [4.69, 9.17) is 9.47 Å². The van der Waals surface area contributed by atoms with Crippen LogP contribution in [0.4, 0.5) is 28.0 Å². The molecule has 3 rings (SSSR count). The first-order valence-corrected chi connectivity index (χ1v) is 13.1. The van der Waals surface area contributed by atoms with Crippen LogP contribution in [0.3, 0.4) is 0 Å². The summed E-state index contributed by atoms with van der Waals surface area (Å²) in [4.78, 5) is 25.8. The number of hydrogen-bond acceptors (Lipinski definition) is 4. The number of benzene rings is 3. The van der Waals surface area contributed by atoms with Gasteiger partial charge in [0.1, 0.15) is 18.2 Å². The van der Waals surface area contributed by atoms with Gasteiger partial charge < -0.3 is 24.8 Å². The van der Waals surface area contributed by atoms with Gasteiger partial charge in [0.05, 0.1) is 12.1 Å². The number of carbonyl (C=O) groups is 2. The first kappa shape index (κ1) is 31.4. The number of urea groups is 1. The first-order valence-electron chi connectivity index (χ1n) is 13.1. The summed E-state index contributed by atoms with van der Waals surface area (Å²) in [6, 6.07) is 16.6. The van der Waals surface area contributed by atoms with Gasteiger partial charge in [-0.15, -0.1) is 0 Å². The van der Waals surface area contributed by atoms with Gasteiger partial charge in [-0.1, -0.05) is 24.3 Å². The number of alkyl halides is 3. The van der Waals surface area contributed by atoms with Gasteiger partial charge in [-0.25, -0.2) is 14.0 Å². The first-order chi connectivity index (χ1) is 19.5. The quantitative estimate of drug-likeness (QED) is 0.216. The summed E-state index contributed by atoms with van der Waals surface area (Å²) in [6.07, 6.45) is -4.07. The third kappa shape index (κ3) is 10.4. The summed E-state index contributed by atoms with van der Waals surface area (Å²) in [5.41, 5.74) is 1.06. The number of halogens is 4. The van der Waals surface area contributed by atoms with Crippen LogP contribution < -0.4 is 10.1 Å². The number of aryl methyl sites for hydroxylation is 1. The molecular weight excluding hydrogens is 544 g/mol. The molecule has 0 aromatic heterocycles. The van der Waals surface area contributed by atoms with Crippen LogP contribution in [0.15, 0.2) is 72.8 Å². The minimum absolute atomic E-state index is 0.132. The van der Waals surface area contributed by atoms with Crippen molar-refractivity contribution in [3.8, 4) is 5.75 Å². The number of carboxylic acids is 1. The van der Waals surface area contributed by atoms with Crippen LogP contribution in [0.5, 0.6) is 5.75 Å². The average Bonchev–Trinajstić information content (AvgIpc) is 2.93. The number of amides is 2. The zero-order valence-electron chi connectivity index (χ0n) is 22.5. The Kier molecular flexibility index (Phi) is 11.5. The Morgan fingerprint density at radius 2 is 1.56 bits per heavy atom. The minimum Gasteiger partial charge on any atom is -0.492 e. The van der Waals surface area contributed by atoms with Gasteiger partial charge >= 0.3 is 18.2 Å². The smallest absolute Gasteiger partial charge is 0.416 e. The fourth-order valence-corrected chi connectivity index (χ4v) is 4.01. The molecule has 220 valence electrons. The fourth-order valence-electron chi connectivity index (χ4n) is 4.01. The van der Waals surface area contributed by atoms with Crippen LogP contribution in [0.25, 0.3) is 0 Å². The lowest BCUT2D eigenvalue weighted by molar-refractivity contribution is -0.150. The zero-order chi connectivity index (χ0) is 29.8. The van der Waals surface area contributed by atoms with Gasteiger partial charge in [0.15, 0.2) is 6.10 Å². The molecule has 0 radical (unpaired) electrons. The van der Waals surface area contributed by atoms with E-state index < -0.39 is 29.8 Å². The topological polar surface area (TPSA) is 88.1 Å². The fraction of sp³-hybridized carbons (Fsp3) is 0.333. The van der Waals surface area contributed by atoms with Crippen LogP contribution in [-0.4, -0.2) is 54.4 Å². The van der Waals surface area contributed by atoms with Gasteiger partial charge in [0.2, 0.25) is 0 Å². The Balaban J connectivity index is 1.59. The summed E-state index contributed by atoms with van der Waals surface area (Å²) in [5.74, 6) is -0.861. The molecule has 1 atom stereocenters. The Labute approximate surface area is 235 Å². The van der Waals surface area contributed by atoms with Crippen LogP contribution in [0.2, 0.25) is 0 Å². The van der Waals surface area contributed by atoms with Gasteiger partial charge in [-0.2, -0.15) is 13.2 Å². The molecule has 3 aromatic carbocycles. The zero-order valence-corrected chi connectivity index (χ0v) is 22.5. The number of carboxylic acid groups (broad SMARTS) is 1. The van der Waals surface area contributed by atoms with E-state index in [9.17, 15) is 32.3 Å². The maximum Gasteiger partial charge on any atom is 0.416 e. The van der Waals surface area contributed by atoms with Crippen LogP contribution >= 0.6 is 0 Å². The highest BCUT2D eigenvalue weighted by Gasteiger charge is 2.30. The highest BCUT2D eigenvalue weighted by molar-refractivity contribution is 5.89. The Hall–Kier alpha value is -4.12. The number of hydrogen-bond donors (Lipinski definition) is 2. The largest absolute Gasteiger partial charge is 0.492 e. The van der Waals surface area contributed by atoms with Gasteiger partial charge in [-0.3, -0.25) is 0 Å². The second kappa shape index (κ2) is 15.0. The molecule has 0 fully saturated rings. The summed E-state index contributed by atoms with van der Waals surface area (Å²) in [5, 5.41) is 11.9. The molecule has 0 spiro atoms. The highest BCUT2D eigenvalue weighted by atomic mass is 19.4. The lowest BCUT2D eigenvalue weighted by atomic mass is 10.1. The maximum absolute atomic E-state index is 13.2. The molecule has 0 aliphatic carbocycles. The van der Waals surface area contributed by atoms with Crippen molar-refractivity contribution in [2.45, 2.75) is 38.5 Å². The molecule has 3 aromatic rings. The van der Waals surface area contributed by atoms with Crippen molar-refractivity contribution in [3.63, 3.8) is 0 Å². The molecular formula is C30H32F4N2O5. The summed E-state index contributed by atoms with van der Waals surface area (Å²) < 4.78 is 62.8. The molecule has 0 heterocycles. The third-order valence-corrected chi connectivity index (χ3v) is 6.18. The summed E-state index contributed by atoms with van der Waals surface area (Å²) in [6.45, 7) is 2.64. The molecule has 0 bridgehead atoms. The van der Waals surface area contributed by atoms with E-state index in [1.165, 1.54) is 29.2 Å². The number of nitrogens with one attached hydrogen (secondary N) is 1. The normalized spacial score (nSPS) is 12.0. The summed E-state index contributed by atoms with van der Waals surface area (Å²) in [7, 11) is 0. The van der Waals surface area contributed by atoms with E-state index in [0.29, 0.717) is 25.1 Å². The number of rotatable bonds is 14. The van der Waals surface area contributed by atoms with Crippen LogP contribution in [0, 0.1) is 5.82 Å². The number of nitrogens with zero attached hydrogens (tertiary/aromatic N) is 1. The molecule has 2 amide bonds. The van der Waals surface area contributed by atoms with Gasteiger partial charge in [0.25, 0.3) is 0 Å². The lowest BCUT2D eigenvalue weighted by Gasteiger charge is -2.23. The van der Waals surface area contributed by atoms with Gasteiger partial charge in [0, 0.05) is 25.3 Å². The van der Waals surface area contributed by atoms with Crippen LogP contribution in [0.1, 0.15) is 30.0 Å². The second-order valence-electron chi connectivity index (χ2n) is 9.20. The van der Waals surface area contributed by atoms with Crippen molar-refractivity contribution in [1.29, 1.82) is 0 Å². The van der Waals surface area contributed by atoms with Crippen molar-refractivity contribution in [2.75, 3.05) is 31.6 Å². The van der Waals surface area contributed by atoms with Crippen molar-refractivity contribution in [3.05, 3.63) is 95.3 Å². The van der Waals surface area contributed by atoms with E-state index in [1.54, 1.807) is 43.3 Å². The number of carbonyl (C=O) groups excluding carboxylic acids is 1. The van der Waals surface area contributed by atoms with E-state index in [-0.39, 0.29) is 37.7 Å². The predicted molar refractivity (Wildman–Crippen MR) is 145 cm³/mol. The Bertz CT molecular complexity index is 1250. The standard InChI is InChI=1S/C30H32F4N2O5/c1-2-40-27(28(37)38)20-22-7-15-26(16-8-22)41-19-18-36(17-3-4-21-5-11-24(31)12-6-21)29(39)35-25-13-9-23(10-14-25)30(32,33)34/h5-16,27H,2-4,17-20H2,1H3,(H,35,39)(H,37,38). The van der Waals surface area contributed by atoms with Crippen molar-refractivity contribution in [2.24, 2.45) is 0 Å². The average molecular weight is 577 g/mol. The molecule has 0 saturated heterocycles. The molecule has 0 aliphatic heterocycles. The van der Waals surface area contributed by atoms with E-state index in [0.717, 1.165) is 23.3 Å². The van der Waals surface area contributed by atoms with Crippen LogP contribution in [-0.2, 0) is 28.5 Å². The predicted octanol–water partition coefficient (Wildman–Crippen LogP) is 6.42. The SMILES string of the molecule is CCOC(Cc1ccc(OCCN(CCCc2ccc(F)cc2)C(=O)Nc2ccc(C(F)(F)F)cc2)cc1)C(=O)O. The van der Waals surface area contributed by atoms with Gasteiger partial charge in [-0.05, 0) is 79.4 Å². The third-order valence-electron chi connectivity index (χ3n) is 6.18. The van der Waals surface area contributed by atoms with E-state index >= 15 is 0 Å². The molecule has 7 nitrogen and oxygen atoms in total. The molecule has 2 N–H and O–H groups in total. The maximum atomic E-state index is 13.2. The number of anilines is 1. The monoisotopic (exact) mass is 576 g/mol. The summed E-state index contributed by atoms with van der Waals surface area (Å²) >= 11 is 0. The second-order valence-corrected chi connectivity index (χ2v) is 9.20. The Morgan fingerprint density at radius 1 is 0.927 bits per heavy atom. The molecule has 1 unspecified atom stereocenters. The van der Waals surface area contributed by atoms with E-state index in [2.05, 4.69) is 5.32 Å². The molecule has 0 aliphatic rings. The number of ether oxygens (including phenoxy) is 2. The molecule has 41 heavy (non-hydrogen) atoms. The van der Waals surface area contributed by atoms with Crippen molar-refractivity contribution in [1.82, 2.24) is 4.90 Å². The molecule has 0 saturated carbocycles. The van der Waals surface area contributed by atoms with Crippen molar-refractivity contribution < 1.29 is 41.7 Å². The lowest BCUT2D eigenvalue weighted by Crippen LogP contribution is -2.38. The highest BCUT2D eigenvalue weighted by Crippen LogP contribution is 2.29.